The predicted octanol–water partition coefficient (Wildman–Crippen LogP) is 7.52. The van der Waals surface area contributed by atoms with Crippen molar-refractivity contribution in [1.29, 1.82) is 0 Å². The molecule has 4 heterocycles. The topological polar surface area (TPSA) is 87.3 Å². The Morgan fingerprint density at radius 1 is 1.09 bits per heavy atom. The van der Waals surface area contributed by atoms with Crippen LogP contribution in [0.5, 0.6) is 5.75 Å². The molecule has 0 amide bonds. The zero-order valence-electron chi connectivity index (χ0n) is 25.2. The smallest absolute Gasteiger partial charge is 0.419 e. The number of para-hydroxylation sites is 1. The number of hydrogen-bond acceptors (Lipinski definition) is 7. The molecule has 0 atom stereocenters. The number of rotatable bonds is 7. The number of fused-ring (bicyclic) bond motifs is 2. The van der Waals surface area contributed by atoms with Crippen LogP contribution < -0.4 is 9.64 Å². The first kappa shape index (κ1) is 31.8. The average molecular weight is 749 g/mol. The number of hydrogen-bond donors (Lipinski definition) is 0. The highest BCUT2D eigenvalue weighted by Crippen LogP contribution is 2.43. The van der Waals surface area contributed by atoms with E-state index < -0.39 is 23.7 Å². The molecule has 240 valence electrons. The molecule has 0 N–H and O–H groups in total. The number of aryl methyl sites for hydroxylation is 2. The second-order valence-electron chi connectivity index (χ2n) is 10.7. The Balaban J connectivity index is 1.61. The Labute approximate surface area is 275 Å². The fourth-order valence-electron chi connectivity index (χ4n) is 6.02. The molecule has 6 rings (SSSR count). The zero-order valence-corrected chi connectivity index (χ0v) is 27.3. The van der Waals surface area contributed by atoms with Crippen LogP contribution in [0, 0.1) is 5.82 Å². The van der Waals surface area contributed by atoms with Crippen LogP contribution in [0.15, 0.2) is 48.9 Å². The van der Waals surface area contributed by atoms with Crippen molar-refractivity contribution >= 4 is 45.5 Å². The molecule has 5 aromatic rings. The van der Waals surface area contributed by atoms with Gasteiger partial charge in [-0.1, -0.05) is 32.0 Å². The van der Waals surface area contributed by atoms with Gasteiger partial charge in [0.1, 0.15) is 10.1 Å². The van der Waals surface area contributed by atoms with Gasteiger partial charge in [0.15, 0.2) is 11.6 Å². The summed E-state index contributed by atoms with van der Waals surface area (Å²) in [7, 11) is 1.33. The highest BCUT2D eigenvalue weighted by molar-refractivity contribution is 14.1. The van der Waals surface area contributed by atoms with Crippen LogP contribution in [0.25, 0.3) is 27.8 Å². The van der Waals surface area contributed by atoms with Gasteiger partial charge in [0.25, 0.3) is 0 Å². The Kier molecular flexibility index (Phi) is 8.65. The van der Waals surface area contributed by atoms with E-state index in [-0.39, 0.29) is 28.4 Å². The van der Waals surface area contributed by atoms with Crippen molar-refractivity contribution in [2.45, 2.75) is 45.8 Å². The standard InChI is InChI=1S/C32H29F4IN6O3/c1-4-18-7-6-8-19(5-2)26(18)43-27(22-13-24(33)29(45-3)28-21(22)9-12-42(28)31(44)46-17-37)23-16-41(11-10-25(23)40-43)30-38-14-20(15-39-30)32(34,35)36/h6-9,12-15H,4-5,10-11,16-17H2,1-3H3. The summed E-state index contributed by atoms with van der Waals surface area (Å²) in [5.74, 6) is -0.664. The average Bonchev–Trinajstić information content (AvgIpc) is 3.66. The summed E-state index contributed by atoms with van der Waals surface area (Å²) in [5, 5.41) is 5.62. The number of carbonyl (C=O) groups excluding carboxylic acids is 1. The third-order valence-corrected chi connectivity index (χ3v) is 8.48. The number of anilines is 1. The van der Waals surface area contributed by atoms with E-state index in [4.69, 9.17) is 14.6 Å². The number of aromatic nitrogens is 5. The molecule has 0 spiro atoms. The summed E-state index contributed by atoms with van der Waals surface area (Å²) in [6.45, 7) is 4.72. The first-order valence-electron chi connectivity index (χ1n) is 14.6. The maximum Gasteiger partial charge on any atom is 0.419 e. The molecule has 0 saturated heterocycles. The minimum absolute atomic E-state index is 0.0937. The van der Waals surface area contributed by atoms with Crippen LogP contribution >= 0.6 is 22.6 Å². The van der Waals surface area contributed by atoms with Gasteiger partial charge in [-0.05, 0) is 58.7 Å². The highest BCUT2D eigenvalue weighted by atomic mass is 127. The van der Waals surface area contributed by atoms with Crippen molar-refractivity contribution in [3.63, 3.8) is 0 Å². The van der Waals surface area contributed by atoms with Crippen molar-refractivity contribution in [3.8, 4) is 22.7 Å². The molecule has 0 unspecified atom stereocenters. The minimum atomic E-state index is -4.56. The number of benzene rings is 2. The van der Waals surface area contributed by atoms with Gasteiger partial charge in [0.05, 0.1) is 29.7 Å². The lowest BCUT2D eigenvalue weighted by molar-refractivity contribution is -0.138. The van der Waals surface area contributed by atoms with Gasteiger partial charge in [0, 0.05) is 54.6 Å². The monoisotopic (exact) mass is 748 g/mol. The van der Waals surface area contributed by atoms with Gasteiger partial charge in [-0.3, -0.25) is 0 Å². The summed E-state index contributed by atoms with van der Waals surface area (Å²) >= 11 is 1.91. The third-order valence-electron chi connectivity index (χ3n) is 8.17. The molecule has 0 fully saturated rings. The van der Waals surface area contributed by atoms with Crippen LogP contribution in [0.4, 0.5) is 28.3 Å². The fourth-order valence-corrected chi connectivity index (χ4v) is 6.29. The van der Waals surface area contributed by atoms with E-state index in [0.29, 0.717) is 42.5 Å². The van der Waals surface area contributed by atoms with Gasteiger partial charge in [0.2, 0.25) is 5.95 Å². The van der Waals surface area contributed by atoms with Gasteiger partial charge in [-0.15, -0.1) is 0 Å². The van der Waals surface area contributed by atoms with Crippen molar-refractivity contribution in [2.75, 3.05) is 23.2 Å². The minimum Gasteiger partial charge on any atom is -0.492 e. The van der Waals surface area contributed by atoms with E-state index in [2.05, 4.69) is 23.8 Å². The maximum absolute atomic E-state index is 16.0. The van der Waals surface area contributed by atoms with Gasteiger partial charge < -0.3 is 14.4 Å². The molecule has 46 heavy (non-hydrogen) atoms. The second kappa shape index (κ2) is 12.5. The van der Waals surface area contributed by atoms with Crippen molar-refractivity contribution < 1.29 is 31.8 Å². The summed E-state index contributed by atoms with van der Waals surface area (Å²) in [5.41, 5.74) is 4.78. The molecular weight excluding hydrogens is 719 g/mol. The molecule has 1 aliphatic rings. The quantitative estimate of drug-likeness (QED) is 0.0968. The lowest BCUT2D eigenvalue weighted by atomic mass is 9.97. The van der Waals surface area contributed by atoms with Crippen molar-refractivity contribution in [2.24, 2.45) is 0 Å². The molecular formula is C32H29F4IN6O3. The lowest BCUT2D eigenvalue weighted by Gasteiger charge is -2.27. The van der Waals surface area contributed by atoms with Crippen LogP contribution in [0.2, 0.25) is 0 Å². The first-order valence-corrected chi connectivity index (χ1v) is 16.1. The lowest BCUT2D eigenvalue weighted by Crippen LogP contribution is -2.31. The molecule has 2 aromatic carbocycles. The second-order valence-corrected chi connectivity index (χ2v) is 11.3. The summed E-state index contributed by atoms with van der Waals surface area (Å²) in [6, 6.07) is 9.13. The number of ether oxygens (including phenoxy) is 2. The highest BCUT2D eigenvalue weighted by Gasteiger charge is 2.34. The van der Waals surface area contributed by atoms with E-state index in [1.165, 1.54) is 23.9 Å². The number of nitrogens with zero attached hydrogens (tertiary/aromatic N) is 6. The Morgan fingerprint density at radius 3 is 2.39 bits per heavy atom. The number of carbonyl (C=O) groups is 1. The SMILES string of the molecule is CCc1cccc(CC)c1-n1nc2c(c1-c1cc(F)c(OC)c3c1ccn3C(=O)OCI)CN(c1ncc(C(F)(F)F)cn1)CC2. The summed E-state index contributed by atoms with van der Waals surface area (Å²) in [6.07, 6.45) is -0.328. The maximum atomic E-state index is 16.0. The molecule has 0 radical (unpaired) electrons. The van der Waals surface area contributed by atoms with Crippen molar-refractivity contribution in [1.82, 2.24) is 24.3 Å². The Hall–Kier alpha value is -4.21. The van der Waals surface area contributed by atoms with Gasteiger partial charge >= 0.3 is 12.3 Å². The Morgan fingerprint density at radius 2 is 1.78 bits per heavy atom. The van der Waals surface area contributed by atoms with Crippen LogP contribution in [0.1, 0.15) is 41.8 Å². The van der Waals surface area contributed by atoms with Gasteiger partial charge in [-0.2, -0.15) is 18.3 Å². The fraction of sp³-hybridized carbons (Fsp3) is 0.312. The zero-order chi connectivity index (χ0) is 32.7. The predicted molar refractivity (Wildman–Crippen MR) is 172 cm³/mol. The number of alkyl halides is 4. The van der Waals surface area contributed by atoms with E-state index in [1.54, 1.807) is 11.0 Å². The molecule has 0 saturated carbocycles. The van der Waals surface area contributed by atoms with Crippen LogP contribution in [0.3, 0.4) is 0 Å². The Bertz CT molecular complexity index is 1920. The van der Waals surface area contributed by atoms with E-state index >= 15 is 4.39 Å². The van der Waals surface area contributed by atoms with Crippen molar-refractivity contribution in [3.05, 3.63) is 82.7 Å². The van der Waals surface area contributed by atoms with E-state index in [1.807, 2.05) is 45.5 Å². The third kappa shape index (κ3) is 5.45. The normalized spacial score (nSPS) is 13.3. The van der Waals surface area contributed by atoms with E-state index in [9.17, 15) is 18.0 Å². The van der Waals surface area contributed by atoms with Crippen LogP contribution in [-0.2, 0) is 36.7 Å². The summed E-state index contributed by atoms with van der Waals surface area (Å²) in [4.78, 5) is 22.8. The van der Waals surface area contributed by atoms with E-state index in [0.717, 1.165) is 40.5 Å². The van der Waals surface area contributed by atoms with Gasteiger partial charge in [-0.25, -0.2) is 28.4 Å². The molecule has 1 aliphatic heterocycles. The first-order chi connectivity index (χ1) is 22.1. The van der Waals surface area contributed by atoms with Crippen LogP contribution in [-0.4, -0.2) is 48.7 Å². The number of methoxy groups -OCH3 is 1. The largest absolute Gasteiger partial charge is 0.492 e. The molecule has 9 nitrogen and oxygen atoms in total. The molecule has 14 heteroatoms. The molecule has 0 aliphatic carbocycles. The molecule has 0 bridgehead atoms. The summed E-state index contributed by atoms with van der Waals surface area (Å²) < 4.78 is 69.4. The number of halogens is 5. The molecule has 3 aromatic heterocycles.